The Morgan fingerprint density at radius 1 is 0.826 bits per heavy atom. The maximum absolute atomic E-state index is 12.2. The van der Waals surface area contributed by atoms with Crippen LogP contribution >= 0.6 is 0 Å². The second kappa shape index (κ2) is 10.9. The van der Waals surface area contributed by atoms with E-state index < -0.39 is 0 Å². The van der Waals surface area contributed by atoms with Gasteiger partial charge in [-0.3, -0.25) is 4.79 Å². The van der Waals surface area contributed by atoms with E-state index in [2.05, 4.69) is 19.1 Å². The number of ketones is 1. The van der Waals surface area contributed by atoms with Crippen LogP contribution in [0.5, 0.6) is 0 Å². The van der Waals surface area contributed by atoms with Gasteiger partial charge in [-0.2, -0.15) is 0 Å². The van der Waals surface area contributed by atoms with E-state index in [1.54, 1.807) is 0 Å². The number of unbranched alkanes of at least 4 members (excludes halogenated alkanes) is 9. The van der Waals surface area contributed by atoms with Crippen molar-refractivity contribution in [2.24, 2.45) is 0 Å². The van der Waals surface area contributed by atoms with E-state index in [1.807, 2.05) is 12.1 Å². The molecule has 2 rings (SSSR count). The number of fused-ring (bicyclic) bond motifs is 1. The number of Topliss-reactive ketones (excluding diaryl/α,β-unsaturated/α-hetero) is 1. The van der Waals surface area contributed by atoms with E-state index in [4.69, 9.17) is 0 Å². The summed E-state index contributed by atoms with van der Waals surface area (Å²) >= 11 is 0. The summed E-state index contributed by atoms with van der Waals surface area (Å²) in [4.78, 5) is 12.2. The van der Waals surface area contributed by atoms with E-state index in [1.165, 1.54) is 75.5 Å². The molecule has 1 unspecified atom stereocenters. The first-order valence-corrected chi connectivity index (χ1v) is 11.3. The van der Waals surface area contributed by atoms with Crippen molar-refractivity contribution in [3.05, 3.63) is 35.4 Å². The molecule has 0 saturated carbocycles. The number of carbonyl (C=O) groups excluding carboxylic acids is 1. The Morgan fingerprint density at radius 2 is 1.43 bits per heavy atom. The number of rotatable bonds is 11. The van der Waals surface area contributed by atoms with Crippen molar-refractivity contribution in [1.82, 2.24) is 0 Å². The maximum Gasteiger partial charge on any atom is 0.212 e. The van der Waals surface area contributed by atoms with Crippen LogP contribution < -0.4 is 0 Å². The van der Waals surface area contributed by atoms with Crippen molar-refractivity contribution in [1.29, 1.82) is 0 Å². The van der Waals surface area contributed by atoms with E-state index in [9.17, 15) is 4.79 Å². The molecular weight excluding hydrogens is 300 g/mol. The molecular formula is C21H33OS+. The first-order chi connectivity index (χ1) is 11.3. The Kier molecular flexibility index (Phi) is 8.81. The van der Waals surface area contributed by atoms with Crippen LogP contribution in [0.15, 0.2) is 24.3 Å². The van der Waals surface area contributed by atoms with Crippen LogP contribution in [0.25, 0.3) is 0 Å². The quantitative estimate of drug-likeness (QED) is 0.363. The first kappa shape index (κ1) is 18.6. The van der Waals surface area contributed by atoms with Gasteiger partial charge in [-0.15, -0.1) is 0 Å². The molecule has 1 atom stereocenters. The molecule has 1 aromatic rings. The molecule has 0 fully saturated rings. The highest BCUT2D eigenvalue weighted by Crippen LogP contribution is 2.23. The predicted octanol–water partition coefficient (Wildman–Crippen LogP) is 5.92. The van der Waals surface area contributed by atoms with Gasteiger partial charge < -0.3 is 0 Å². The third-order valence-electron chi connectivity index (χ3n) is 4.80. The largest absolute Gasteiger partial charge is 0.289 e. The number of benzene rings is 1. The molecule has 1 heterocycles. The zero-order valence-electron chi connectivity index (χ0n) is 14.8. The number of hydrogen-bond acceptors (Lipinski definition) is 1. The summed E-state index contributed by atoms with van der Waals surface area (Å²) in [6.45, 7) is 2.28. The fourth-order valence-corrected chi connectivity index (χ4v) is 5.61. The van der Waals surface area contributed by atoms with Crippen molar-refractivity contribution in [3.8, 4) is 0 Å². The van der Waals surface area contributed by atoms with Gasteiger partial charge >= 0.3 is 0 Å². The van der Waals surface area contributed by atoms with Crippen molar-refractivity contribution in [2.45, 2.75) is 76.9 Å². The minimum Gasteiger partial charge on any atom is -0.289 e. The van der Waals surface area contributed by atoms with Crippen molar-refractivity contribution in [3.63, 3.8) is 0 Å². The molecule has 0 aromatic heterocycles. The molecule has 0 N–H and O–H groups in total. The van der Waals surface area contributed by atoms with Gasteiger partial charge in [0.2, 0.25) is 5.78 Å². The highest BCUT2D eigenvalue weighted by molar-refractivity contribution is 7.96. The van der Waals surface area contributed by atoms with Crippen molar-refractivity contribution >= 4 is 16.7 Å². The second-order valence-electron chi connectivity index (χ2n) is 6.87. The molecule has 128 valence electrons. The lowest BCUT2D eigenvalue weighted by Crippen LogP contribution is -2.27. The van der Waals surface area contributed by atoms with Gasteiger partial charge in [0, 0.05) is 11.1 Å². The maximum atomic E-state index is 12.2. The zero-order chi connectivity index (χ0) is 16.3. The summed E-state index contributed by atoms with van der Waals surface area (Å²) in [5.41, 5.74) is 2.28. The molecule has 0 amide bonds. The molecule has 2 heteroatoms. The van der Waals surface area contributed by atoms with E-state index >= 15 is 0 Å². The summed E-state index contributed by atoms with van der Waals surface area (Å²) in [7, 11) is 0.302. The van der Waals surface area contributed by atoms with Crippen LogP contribution in [-0.4, -0.2) is 17.3 Å². The smallest absolute Gasteiger partial charge is 0.212 e. The van der Waals surface area contributed by atoms with Gasteiger partial charge in [-0.25, -0.2) is 0 Å². The summed E-state index contributed by atoms with van der Waals surface area (Å²) in [5.74, 6) is 3.58. The lowest BCUT2D eigenvalue weighted by Gasteiger charge is -2.16. The van der Waals surface area contributed by atoms with Gasteiger partial charge in [-0.1, -0.05) is 82.6 Å². The third kappa shape index (κ3) is 6.71. The van der Waals surface area contributed by atoms with Crippen LogP contribution in [0.1, 0.15) is 87.1 Å². The van der Waals surface area contributed by atoms with Gasteiger partial charge in [0.1, 0.15) is 11.5 Å². The Morgan fingerprint density at radius 3 is 2.13 bits per heavy atom. The summed E-state index contributed by atoms with van der Waals surface area (Å²) in [6, 6.07) is 8.20. The minimum absolute atomic E-state index is 0.302. The van der Waals surface area contributed by atoms with Crippen molar-refractivity contribution in [2.75, 3.05) is 11.5 Å². The molecule has 0 spiro atoms. The Balaban J connectivity index is 1.52. The monoisotopic (exact) mass is 333 g/mol. The fourth-order valence-electron chi connectivity index (χ4n) is 3.39. The Bertz CT molecular complexity index is 469. The lowest BCUT2D eigenvalue weighted by atomic mass is 10.1. The standard InChI is InChI=1S/C21H33OS/c1-2-3-4-5-6-7-8-9-10-13-16-23-17-19-14-11-12-15-20(19)21(22)18-23/h11-12,14-15H,2-10,13,16-18H2,1H3/q+1. The lowest BCUT2D eigenvalue weighted by molar-refractivity contribution is 0.102. The predicted molar refractivity (Wildman–Crippen MR) is 103 cm³/mol. The SMILES string of the molecule is CCCCCCCCCCCC[S+]1CC(=O)c2ccccc2C1. The van der Waals surface area contributed by atoms with E-state index in [0.717, 1.165) is 17.1 Å². The minimum atomic E-state index is 0.302. The second-order valence-corrected chi connectivity index (χ2v) is 9.08. The normalized spacial score (nSPS) is 17.3. The Labute approximate surface area is 145 Å². The third-order valence-corrected chi connectivity index (χ3v) is 7.05. The summed E-state index contributed by atoms with van der Waals surface area (Å²) in [6.07, 6.45) is 13.9. The zero-order valence-corrected chi connectivity index (χ0v) is 15.6. The van der Waals surface area contributed by atoms with Crippen LogP contribution in [0, 0.1) is 0 Å². The molecule has 23 heavy (non-hydrogen) atoms. The average Bonchev–Trinajstić information content (AvgIpc) is 2.57. The summed E-state index contributed by atoms with van der Waals surface area (Å²) in [5, 5.41) is 0. The van der Waals surface area contributed by atoms with Crippen LogP contribution in [0.4, 0.5) is 0 Å². The van der Waals surface area contributed by atoms with E-state index in [0.29, 0.717) is 16.7 Å². The highest BCUT2D eigenvalue weighted by Gasteiger charge is 2.31. The molecule has 1 nitrogen and oxygen atoms in total. The molecule has 1 aliphatic heterocycles. The molecule has 0 radical (unpaired) electrons. The molecule has 0 saturated heterocycles. The van der Waals surface area contributed by atoms with Gasteiger partial charge in [0.15, 0.2) is 5.75 Å². The molecule has 1 aromatic carbocycles. The molecule has 0 bridgehead atoms. The Hall–Kier alpha value is -0.760. The molecule has 1 aliphatic rings. The highest BCUT2D eigenvalue weighted by atomic mass is 32.2. The fraction of sp³-hybridized carbons (Fsp3) is 0.667. The van der Waals surface area contributed by atoms with Crippen LogP contribution in [0.3, 0.4) is 0 Å². The van der Waals surface area contributed by atoms with Gasteiger partial charge in [-0.05, 0) is 23.7 Å². The first-order valence-electron chi connectivity index (χ1n) is 9.56. The van der Waals surface area contributed by atoms with Crippen LogP contribution in [0.2, 0.25) is 0 Å². The average molecular weight is 334 g/mol. The number of hydrogen-bond donors (Lipinski definition) is 0. The van der Waals surface area contributed by atoms with Gasteiger partial charge in [0.25, 0.3) is 0 Å². The van der Waals surface area contributed by atoms with E-state index in [-0.39, 0.29) is 0 Å². The number of carbonyl (C=O) groups is 1. The van der Waals surface area contributed by atoms with Crippen LogP contribution in [-0.2, 0) is 16.6 Å². The van der Waals surface area contributed by atoms with Crippen molar-refractivity contribution < 1.29 is 4.79 Å². The topological polar surface area (TPSA) is 17.1 Å². The van der Waals surface area contributed by atoms with Gasteiger partial charge in [0.05, 0.1) is 0 Å². The molecule has 0 aliphatic carbocycles. The summed E-state index contributed by atoms with van der Waals surface area (Å²) < 4.78 is 0.